The SMILES string of the molecule is C1=CC2=CC=CC3=Cc4ncccc4C(=C1)C23. The standard InChI is InChI=1S/C16H11N/c1-4-11-5-2-7-14-13-8-3-9-17-15(13)10-12(6-1)16(11)14/h1-10,16H. The van der Waals surface area contributed by atoms with Gasteiger partial charge in [0.2, 0.25) is 0 Å². The molecule has 0 bridgehead atoms. The van der Waals surface area contributed by atoms with Gasteiger partial charge in [-0.3, -0.25) is 4.98 Å². The zero-order valence-electron chi connectivity index (χ0n) is 9.30. The summed E-state index contributed by atoms with van der Waals surface area (Å²) >= 11 is 0. The zero-order chi connectivity index (χ0) is 11.2. The Morgan fingerprint density at radius 1 is 1.00 bits per heavy atom. The Hall–Kier alpha value is -2.15. The van der Waals surface area contributed by atoms with Crippen molar-refractivity contribution in [2.24, 2.45) is 5.92 Å². The van der Waals surface area contributed by atoms with Crippen molar-refractivity contribution in [3.05, 3.63) is 77.2 Å². The minimum absolute atomic E-state index is 0.418. The third-order valence-corrected chi connectivity index (χ3v) is 3.57. The van der Waals surface area contributed by atoms with Crippen molar-refractivity contribution in [2.75, 3.05) is 0 Å². The maximum Gasteiger partial charge on any atom is 0.0708 e. The molecule has 0 saturated heterocycles. The monoisotopic (exact) mass is 217 g/mol. The van der Waals surface area contributed by atoms with Crippen LogP contribution in [0.2, 0.25) is 0 Å². The molecule has 1 aromatic rings. The molecule has 1 nitrogen and oxygen atoms in total. The summed E-state index contributed by atoms with van der Waals surface area (Å²) in [5, 5.41) is 0. The predicted molar refractivity (Wildman–Crippen MR) is 70.0 cm³/mol. The zero-order valence-corrected chi connectivity index (χ0v) is 9.30. The third-order valence-electron chi connectivity index (χ3n) is 3.57. The minimum Gasteiger partial charge on any atom is -0.256 e. The third kappa shape index (κ3) is 1.17. The van der Waals surface area contributed by atoms with Gasteiger partial charge in [-0.2, -0.15) is 0 Å². The van der Waals surface area contributed by atoms with Gasteiger partial charge in [-0.25, -0.2) is 0 Å². The molecule has 0 amide bonds. The lowest BCUT2D eigenvalue weighted by Gasteiger charge is -2.31. The average Bonchev–Trinajstić information content (AvgIpc) is 2.39. The molecule has 1 heterocycles. The second-order valence-corrected chi connectivity index (χ2v) is 4.52. The molecule has 17 heavy (non-hydrogen) atoms. The highest BCUT2D eigenvalue weighted by atomic mass is 14.7. The van der Waals surface area contributed by atoms with Crippen LogP contribution < -0.4 is 0 Å². The van der Waals surface area contributed by atoms with Crippen LogP contribution in [0.25, 0.3) is 11.6 Å². The fourth-order valence-corrected chi connectivity index (χ4v) is 2.84. The first-order valence-corrected chi connectivity index (χ1v) is 5.87. The number of nitrogens with zero attached hydrogens (tertiary/aromatic N) is 1. The summed E-state index contributed by atoms with van der Waals surface area (Å²) in [4.78, 5) is 4.46. The van der Waals surface area contributed by atoms with Gasteiger partial charge in [0.15, 0.2) is 0 Å². The Kier molecular flexibility index (Phi) is 1.67. The van der Waals surface area contributed by atoms with E-state index in [1.165, 1.54) is 22.3 Å². The topological polar surface area (TPSA) is 12.9 Å². The van der Waals surface area contributed by atoms with Crippen molar-refractivity contribution >= 4 is 11.6 Å². The molecule has 4 rings (SSSR count). The molecule has 1 heteroatoms. The van der Waals surface area contributed by atoms with Gasteiger partial charge in [0.1, 0.15) is 0 Å². The Labute approximate surface area is 100 Å². The molecule has 0 radical (unpaired) electrons. The fourth-order valence-electron chi connectivity index (χ4n) is 2.84. The molecule has 80 valence electrons. The van der Waals surface area contributed by atoms with Crippen molar-refractivity contribution in [3.63, 3.8) is 0 Å². The molecule has 3 aliphatic rings. The molecule has 1 atom stereocenters. The van der Waals surface area contributed by atoms with Crippen molar-refractivity contribution in [1.29, 1.82) is 0 Å². The first-order valence-electron chi connectivity index (χ1n) is 5.87. The van der Waals surface area contributed by atoms with Gasteiger partial charge in [-0.1, -0.05) is 42.5 Å². The second-order valence-electron chi connectivity index (χ2n) is 4.52. The van der Waals surface area contributed by atoms with E-state index in [0.717, 1.165) is 5.69 Å². The van der Waals surface area contributed by atoms with Crippen LogP contribution in [0.15, 0.2) is 65.9 Å². The predicted octanol–water partition coefficient (Wildman–Crippen LogP) is 3.54. The highest BCUT2D eigenvalue weighted by molar-refractivity contribution is 5.87. The van der Waals surface area contributed by atoms with Gasteiger partial charge in [0.05, 0.1) is 5.69 Å². The highest BCUT2D eigenvalue weighted by Crippen LogP contribution is 2.45. The van der Waals surface area contributed by atoms with E-state index < -0.39 is 0 Å². The Bertz CT molecular complexity index is 654. The Morgan fingerprint density at radius 3 is 2.88 bits per heavy atom. The van der Waals surface area contributed by atoms with Crippen LogP contribution in [0.1, 0.15) is 11.3 Å². The minimum atomic E-state index is 0.418. The van der Waals surface area contributed by atoms with E-state index in [0.29, 0.717) is 5.92 Å². The summed E-state index contributed by atoms with van der Waals surface area (Å²) in [5.74, 6) is 0.418. The van der Waals surface area contributed by atoms with Gasteiger partial charge in [-0.15, -0.1) is 0 Å². The molecule has 0 fully saturated rings. The van der Waals surface area contributed by atoms with Gasteiger partial charge < -0.3 is 0 Å². The first kappa shape index (κ1) is 8.94. The first-order chi connectivity index (χ1) is 8.43. The van der Waals surface area contributed by atoms with Crippen molar-refractivity contribution in [3.8, 4) is 0 Å². The maximum absolute atomic E-state index is 4.46. The Balaban J connectivity index is 2.06. The quantitative estimate of drug-likeness (QED) is 0.647. The molecular formula is C16H11N. The van der Waals surface area contributed by atoms with Crippen molar-refractivity contribution in [2.45, 2.75) is 0 Å². The molecule has 3 aliphatic carbocycles. The van der Waals surface area contributed by atoms with E-state index in [1.807, 2.05) is 12.3 Å². The van der Waals surface area contributed by atoms with Crippen LogP contribution in [0.4, 0.5) is 0 Å². The molecule has 0 aliphatic heterocycles. The van der Waals surface area contributed by atoms with Crippen LogP contribution in [-0.4, -0.2) is 4.98 Å². The van der Waals surface area contributed by atoms with E-state index in [1.54, 1.807) is 0 Å². The van der Waals surface area contributed by atoms with Gasteiger partial charge in [-0.05, 0) is 28.9 Å². The number of hydrogen-bond acceptors (Lipinski definition) is 1. The fraction of sp³-hybridized carbons (Fsp3) is 0.0625. The van der Waals surface area contributed by atoms with Crippen molar-refractivity contribution in [1.82, 2.24) is 4.98 Å². The van der Waals surface area contributed by atoms with E-state index in [2.05, 4.69) is 53.6 Å². The molecule has 0 spiro atoms. The molecule has 1 unspecified atom stereocenters. The number of aromatic nitrogens is 1. The Morgan fingerprint density at radius 2 is 1.88 bits per heavy atom. The lowest BCUT2D eigenvalue weighted by Crippen LogP contribution is -2.17. The van der Waals surface area contributed by atoms with E-state index >= 15 is 0 Å². The molecular weight excluding hydrogens is 206 g/mol. The lowest BCUT2D eigenvalue weighted by molar-refractivity contribution is 0.945. The summed E-state index contributed by atoms with van der Waals surface area (Å²) in [6.07, 6.45) is 17.1. The summed E-state index contributed by atoms with van der Waals surface area (Å²) in [7, 11) is 0. The maximum atomic E-state index is 4.46. The number of rotatable bonds is 0. The highest BCUT2D eigenvalue weighted by Gasteiger charge is 2.29. The normalized spacial score (nSPS) is 23.3. The summed E-state index contributed by atoms with van der Waals surface area (Å²) < 4.78 is 0. The summed E-state index contributed by atoms with van der Waals surface area (Å²) in [6.45, 7) is 0. The molecule has 0 N–H and O–H groups in total. The van der Waals surface area contributed by atoms with Crippen molar-refractivity contribution < 1.29 is 0 Å². The van der Waals surface area contributed by atoms with Gasteiger partial charge >= 0.3 is 0 Å². The largest absolute Gasteiger partial charge is 0.256 e. The summed E-state index contributed by atoms with van der Waals surface area (Å²) in [6, 6.07) is 4.18. The lowest BCUT2D eigenvalue weighted by atomic mass is 9.72. The van der Waals surface area contributed by atoms with Gasteiger partial charge in [0, 0.05) is 17.7 Å². The van der Waals surface area contributed by atoms with E-state index in [9.17, 15) is 0 Å². The smallest absolute Gasteiger partial charge is 0.0708 e. The summed E-state index contributed by atoms with van der Waals surface area (Å²) in [5.41, 5.74) is 6.47. The molecule has 0 saturated carbocycles. The number of fused-ring (bicyclic) bond motifs is 2. The number of hydrogen-bond donors (Lipinski definition) is 0. The van der Waals surface area contributed by atoms with Crippen LogP contribution in [0.5, 0.6) is 0 Å². The van der Waals surface area contributed by atoms with Crippen LogP contribution in [-0.2, 0) is 0 Å². The molecule has 1 aromatic heterocycles. The number of pyridine rings is 1. The van der Waals surface area contributed by atoms with Gasteiger partial charge in [0.25, 0.3) is 0 Å². The van der Waals surface area contributed by atoms with E-state index in [4.69, 9.17) is 0 Å². The van der Waals surface area contributed by atoms with Crippen LogP contribution in [0.3, 0.4) is 0 Å². The van der Waals surface area contributed by atoms with Crippen LogP contribution >= 0.6 is 0 Å². The number of allylic oxidation sites excluding steroid dienone is 9. The average molecular weight is 217 g/mol. The second kappa shape index (κ2) is 3.17. The van der Waals surface area contributed by atoms with Crippen LogP contribution in [0, 0.1) is 5.92 Å². The van der Waals surface area contributed by atoms with E-state index in [-0.39, 0.29) is 0 Å². The molecule has 0 aromatic carbocycles.